The van der Waals surface area contributed by atoms with Gasteiger partial charge in [0.1, 0.15) is 0 Å². The molecule has 9 heteroatoms. The van der Waals surface area contributed by atoms with E-state index >= 15 is 0 Å². The van der Waals surface area contributed by atoms with Gasteiger partial charge in [-0.15, -0.1) is 0 Å². The summed E-state index contributed by atoms with van der Waals surface area (Å²) in [5.74, 6) is -15.6. The highest BCUT2D eigenvalue weighted by Crippen LogP contribution is 2.44. The highest BCUT2D eigenvalue weighted by molar-refractivity contribution is 8.13. The molecule has 0 aromatic rings. The predicted octanol–water partition coefficient (Wildman–Crippen LogP) is 3.92. The van der Waals surface area contributed by atoms with Gasteiger partial charge in [-0.1, -0.05) is 11.8 Å². The molecule has 0 fully saturated rings. The van der Waals surface area contributed by atoms with Crippen LogP contribution in [0.4, 0.5) is 30.7 Å². The van der Waals surface area contributed by atoms with E-state index in [0.717, 1.165) is 6.92 Å². The largest absolute Gasteiger partial charge is 0.346 e. The van der Waals surface area contributed by atoms with Crippen LogP contribution in [0.2, 0.25) is 0 Å². The second-order valence-electron chi connectivity index (χ2n) is 3.72. The lowest BCUT2D eigenvalue weighted by atomic mass is 10.0. The van der Waals surface area contributed by atoms with Gasteiger partial charge in [-0.25, -0.2) is 22.0 Å². The first-order valence-electron chi connectivity index (χ1n) is 4.73. The number of carbonyl (C=O) groups is 1. The Labute approximate surface area is 103 Å². The van der Waals surface area contributed by atoms with Crippen LogP contribution in [0.5, 0.6) is 0 Å². The summed E-state index contributed by atoms with van der Waals surface area (Å²) in [5.41, 5.74) is 0. The molecule has 0 N–H and O–H groups in total. The van der Waals surface area contributed by atoms with Crippen LogP contribution in [0.15, 0.2) is 0 Å². The number of hydrogen-bond acceptors (Lipinski definition) is 2. The number of hydrogen-bond donors (Lipinski definition) is 0. The van der Waals surface area contributed by atoms with E-state index in [9.17, 15) is 35.5 Å². The van der Waals surface area contributed by atoms with E-state index in [-0.39, 0.29) is 6.92 Å². The van der Waals surface area contributed by atoms with Crippen molar-refractivity contribution in [1.29, 1.82) is 0 Å². The van der Waals surface area contributed by atoms with Gasteiger partial charge in [-0.05, 0) is 0 Å². The molecule has 0 aromatic heterocycles. The molecule has 108 valence electrons. The summed E-state index contributed by atoms with van der Waals surface area (Å²) in [5, 5.41) is -0.561. The SMILES string of the molecule is CC(=O)SCCC(F)(F)C(F)C(F)(F)C(C)(F)F. The molecular formula is C9H11F7OS. The third-order valence-corrected chi connectivity index (χ3v) is 2.83. The van der Waals surface area contributed by atoms with Crippen molar-refractivity contribution in [2.24, 2.45) is 0 Å². The van der Waals surface area contributed by atoms with Gasteiger partial charge in [0, 0.05) is 26.0 Å². The Bertz CT molecular complexity index is 300. The highest BCUT2D eigenvalue weighted by atomic mass is 32.2. The van der Waals surface area contributed by atoms with Crippen LogP contribution in [0.1, 0.15) is 20.3 Å². The summed E-state index contributed by atoms with van der Waals surface area (Å²) in [6.45, 7) is 0.713. The van der Waals surface area contributed by atoms with Crippen molar-refractivity contribution in [3.8, 4) is 0 Å². The molecule has 0 aliphatic carbocycles. The zero-order chi connectivity index (χ0) is 14.8. The molecule has 1 unspecified atom stereocenters. The van der Waals surface area contributed by atoms with Gasteiger partial charge in [-0.3, -0.25) is 4.79 Å². The first-order chi connectivity index (χ1) is 7.82. The third-order valence-electron chi connectivity index (χ3n) is 2.02. The van der Waals surface area contributed by atoms with E-state index in [4.69, 9.17) is 0 Å². The molecule has 0 saturated carbocycles. The molecule has 0 rings (SSSR count). The second-order valence-corrected chi connectivity index (χ2v) is 5.00. The van der Waals surface area contributed by atoms with Gasteiger partial charge in [-0.2, -0.15) is 8.78 Å². The number of alkyl halides is 7. The van der Waals surface area contributed by atoms with Crippen molar-refractivity contribution in [3.63, 3.8) is 0 Å². The summed E-state index contributed by atoms with van der Waals surface area (Å²) in [7, 11) is 0. The zero-order valence-corrected chi connectivity index (χ0v) is 10.3. The highest BCUT2D eigenvalue weighted by Gasteiger charge is 2.66. The fourth-order valence-corrected chi connectivity index (χ4v) is 1.61. The lowest BCUT2D eigenvalue weighted by Gasteiger charge is -2.30. The maximum atomic E-state index is 13.0. The van der Waals surface area contributed by atoms with Crippen LogP contribution in [-0.4, -0.2) is 34.8 Å². The maximum absolute atomic E-state index is 13.0. The Balaban J connectivity index is 4.74. The van der Waals surface area contributed by atoms with Crippen LogP contribution in [0.3, 0.4) is 0 Å². The number of rotatable bonds is 6. The normalized spacial score (nSPS) is 15.6. The molecule has 0 aromatic carbocycles. The number of carbonyl (C=O) groups excluding carboxylic acids is 1. The first kappa shape index (κ1) is 17.5. The summed E-state index contributed by atoms with van der Waals surface area (Å²) in [6.07, 6.45) is -5.73. The average Bonchev–Trinajstić information content (AvgIpc) is 2.13. The maximum Gasteiger partial charge on any atom is 0.346 e. The summed E-state index contributed by atoms with van der Waals surface area (Å²) in [6, 6.07) is 0. The smallest absolute Gasteiger partial charge is 0.288 e. The van der Waals surface area contributed by atoms with Crippen molar-refractivity contribution in [2.75, 3.05) is 5.75 Å². The van der Waals surface area contributed by atoms with Crippen LogP contribution >= 0.6 is 11.8 Å². The summed E-state index contributed by atoms with van der Waals surface area (Å²) in [4.78, 5) is 10.4. The predicted molar refractivity (Wildman–Crippen MR) is 53.2 cm³/mol. The molecule has 0 heterocycles. The molecule has 1 atom stereocenters. The lowest BCUT2D eigenvalue weighted by Crippen LogP contribution is -2.53. The van der Waals surface area contributed by atoms with Crippen LogP contribution in [0, 0.1) is 0 Å². The minimum absolute atomic E-state index is 0.333. The second kappa shape index (κ2) is 5.66. The summed E-state index contributed by atoms with van der Waals surface area (Å²) < 4.78 is 89.0. The first-order valence-corrected chi connectivity index (χ1v) is 5.72. The Morgan fingerprint density at radius 1 is 1.17 bits per heavy atom. The lowest BCUT2D eigenvalue weighted by molar-refractivity contribution is -0.270. The van der Waals surface area contributed by atoms with Crippen LogP contribution < -0.4 is 0 Å². The van der Waals surface area contributed by atoms with E-state index in [0.29, 0.717) is 11.8 Å². The quantitative estimate of drug-likeness (QED) is 0.692. The fraction of sp³-hybridized carbons (Fsp3) is 0.889. The Morgan fingerprint density at radius 2 is 1.61 bits per heavy atom. The molecule has 0 radical (unpaired) electrons. The zero-order valence-electron chi connectivity index (χ0n) is 9.45. The van der Waals surface area contributed by atoms with Gasteiger partial charge in [0.05, 0.1) is 0 Å². The van der Waals surface area contributed by atoms with E-state index in [1.807, 2.05) is 0 Å². The molecule has 0 spiro atoms. The summed E-state index contributed by atoms with van der Waals surface area (Å²) >= 11 is 0.376. The Kier molecular flexibility index (Phi) is 5.52. The standard InChI is InChI=1S/C9H11F7OS/c1-5(17)18-4-3-8(13,14)6(10)9(15,16)7(2,11)12/h6H,3-4H2,1-2H3. The molecule has 0 amide bonds. The minimum Gasteiger partial charge on any atom is -0.288 e. The van der Waals surface area contributed by atoms with Gasteiger partial charge < -0.3 is 0 Å². The monoisotopic (exact) mass is 300 g/mol. The van der Waals surface area contributed by atoms with E-state index in [1.54, 1.807) is 0 Å². The number of thioether (sulfide) groups is 1. The van der Waals surface area contributed by atoms with E-state index < -0.39 is 41.2 Å². The third kappa shape index (κ3) is 4.33. The van der Waals surface area contributed by atoms with Gasteiger partial charge in [0.15, 0.2) is 5.12 Å². The van der Waals surface area contributed by atoms with Crippen molar-refractivity contribution < 1.29 is 35.5 Å². The fourth-order valence-electron chi connectivity index (χ4n) is 0.945. The molecule has 1 nitrogen and oxygen atoms in total. The van der Waals surface area contributed by atoms with Gasteiger partial charge in [0.2, 0.25) is 6.17 Å². The van der Waals surface area contributed by atoms with Crippen molar-refractivity contribution in [1.82, 2.24) is 0 Å². The average molecular weight is 300 g/mol. The molecule has 0 bridgehead atoms. The molecule has 0 aliphatic rings. The molecule has 18 heavy (non-hydrogen) atoms. The molecular weight excluding hydrogens is 289 g/mol. The minimum atomic E-state index is -5.47. The van der Waals surface area contributed by atoms with Crippen molar-refractivity contribution in [2.45, 2.75) is 44.2 Å². The van der Waals surface area contributed by atoms with Crippen molar-refractivity contribution >= 4 is 16.9 Å². The molecule has 0 saturated heterocycles. The van der Waals surface area contributed by atoms with Gasteiger partial charge in [0.25, 0.3) is 5.92 Å². The van der Waals surface area contributed by atoms with E-state index in [1.165, 1.54) is 0 Å². The molecule has 0 aliphatic heterocycles. The van der Waals surface area contributed by atoms with Crippen LogP contribution in [0.25, 0.3) is 0 Å². The van der Waals surface area contributed by atoms with Crippen molar-refractivity contribution in [3.05, 3.63) is 0 Å². The number of halogens is 7. The Morgan fingerprint density at radius 3 is 1.94 bits per heavy atom. The van der Waals surface area contributed by atoms with Gasteiger partial charge >= 0.3 is 11.8 Å². The Hall–Kier alpha value is -0.470. The van der Waals surface area contributed by atoms with E-state index in [2.05, 4.69) is 0 Å². The van der Waals surface area contributed by atoms with Crippen LogP contribution in [-0.2, 0) is 4.79 Å². The topological polar surface area (TPSA) is 17.1 Å².